The van der Waals surface area contributed by atoms with Gasteiger partial charge in [0.25, 0.3) is 0 Å². The lowest BCUT2D eigenvalue weighted by Gasteiger charge is -2.28. The second kappa shape index (κ2) is 8.88. The zero-order chi connectivity index (χ0) is 17.5. The first-order chi connectivity index (χ1) is 10.8. The molecule has 0 aromatic heterocycles. The highest BCUT2D eigenvalue weighted by molar-refractivity contribution is 7.87. The van der Waals surface area contributed by atoms with Crippen LogP contribution in [0.3, 0.4) is 0 Å². The summed E-state index contributed by atoms with van der Waals surface area (Å²) in [5.74, 6) is 0.117. The Morgan fingerprint density at radius 1 is 1.22 bits per heavy atom. The Bertz CT molecular complexity index is 597. The standard InChI is InChI=1S/C16H25NO5S/c1-5-13(3)17(16(18)12-21-4)11-14-7-9-15(10-8-14)22-23(19,20)6-2/h7-10,13H,5-6,11-12H2,1-4H3/t13-/m0/s1. The van der Waals surface area contributed by atoms with Gasteiger partial charge in [-0.1, -0.05) is 19.1 Å². The maximum atomic E-state index is 12.1. The van der Waals surface area contributed by atoms with Crippen molar-refractivity contribution in [3.05, 3.63) is 29.8 Å². The van der Waals surface area contributed by atoms with Gasteiger partial charge in [0.2, 0.25) is 5.91 Å². The third kappa shape index (κ3) is 6.19. The van der Waals surface area contributed by atoms with Crippen LogP contribution in [0.5, 0.6) is 5.75 Å². The fourth-order valence-electron chi connectivity index (χ4n) is 1.97. The van der Waals surface area contributed by atoms with Crippen molar-refractivity contribution in [1.29, 1.82) is 0 Å². The average Bonchev–Trinajstić information content (AvgIpc) is 2.53. The van der Waals surface area contributed by atoms with Gasteiger partial charge >= 0.3 is 10.1 Å². The van der Waals surface area contributed by atoms with Crippen molar-refractivity contribution in [1.82, 2.24) is 4.90 Å². The molecule has 0 aliphatic rings. The van der Waals surface area contributed by atoms with E-state index in [1.165, 1.54) is 14.0 Å². The highest BCUT2D eigenvalue weighted by Crippen LogP contribution is 2.17. The number of carbonyl (C=O) groups is 1. The third-order valence-electron chi connectivity index (χ3n) is 3.56. The van der Waals surface area contributed by atoms with Crippen molar-refractivity contribution in [3.8, 4) is 5.75 Å². The molecule has 0 N–H and O–H groups in total. The largest absolute Gasteiger partial charge is 0.382 e. The van der Waals surface area contributed by atoms with Crippen molar-refractivity contribution in [2.45, 2.75) is 39.8 Å². The Labute approximate surface area is 138 Å². The molecule has 1 rings (SSSR count). The van der Waals surface area contributed by atoms with Crippen LogP contribution in [-0.2, 0) is 26.2 Å². The Kier molecular flexibility index (Phi) is 7.51. The summed E-state index contributed by atoms with van der Waals surface area (Å²) >= 11 is 0. The van der Waals surface area contributed by atoms with Gasteiger partial charge < -0.3 is 13.8 Å². The number of nitrogens with zero attached hydrogens (tertiary/aromatic N) is 1. The summed E-state index contributed by atoms with van der Waals surface area (Å²) in [6, 6.07) is 6.80. The smallest absolute Gasteiger partial charge is 0.308 e. The molecule has 0 spiro atoms. The molecular formula is C16H25NO5S. The maximum Gasteiger partial charge on any atom is 0.308 e. The minimum Gasteiger partial charge on any atom is -0.382 e. The molecule has 0 aliphatic carbocycles. The van der Waals surface area contributed by atoms with Crippen molar-refractivity contribution in [3.63, 3.8) is 0 Å². The van der Waals surface area contributed by atoms with Crippen LogP contribution in [0.2, 0.25) is 0 Å². The van der Waals surface area contributed by atoms with Gasteiger partial charge in [-0.3, -0.25) is 4.79 Å². The second-order valence-electron chi connectivity index (χ2n) is 5.29. The quantitative estimate of drug-likeness (QED) is 0.643. The summed E-state index contributed by atoms with van der Waals surface area (Å²) in [6.45, 7) is 6.01. The Morgan fingerprint density at radius 2 is 1.83 bits per heavy atom. The van der Waals surface area contributed by atoms with Crippen LogP contribution in [0.25, 0.3) is 0 Å². The van der Waals surface area contributed by atoms with E-state index in [0.717, 1.165) is 12.0 Å². The first kappa shape index (κ1) is 19.4. The Morgan fingerprint density at radius 3 is 2.30 bits per heavy atom. The number of carbonyl (C=O) groups excluding carboxylic acids is 1. The summed E-state index contributed by atoms with van der Waals surface area (Å²) in [7, 11) is -2.03. The van der Waals surface area contributed by atoms with Gasteiger partial charge in [-0.25, -0.2) is 0 Å². The Hall–Kier alpha value is -1.60. The fraction of sp³-hybridized carbons (Fsp3) is 0.562. The molecule has 0 saturated heterocycles. The predicted molar refractivity (Wildman–Crippen MR) is 88.7 cm³/mol. The predicted octanol–water partition coefficient (Wildman–Crippen LogP) is 2.19. The SMILES string of the molecule is CC[C@H](C)N(Cc1ccc(OS(=O)(=O)CC)cc1)C(=O)COC. The van der Waals surface area contributed by atoms with Gasteiger partial charge in [0.15, 0.2) is 0 Å². The minimum atomic E-state index is -3.53. The van der Waals surface area contributed by atoms with E-state index >= 15 is 0 Å². The van der Waals surface area contributed by atoms with E-state index in [1.807, 2.05) is 13.8 Å². The summed E-state index contributed by atoms with van der Waals surface area (Å²) in [5, 5.41) is 0. The monoisotopic (exact) mass is 343 g/mol. The number of amides is 1. The number of methoxy groups -OCH3 is 1. The van der Waals surface area contributed by atoms with Gasteiger partial charge in [-0.2, -0.15) is 8.42 Å². The Balaban J connectivity index is 2.83. The van der Waals surface area contributed by atoms with Gasteiger partial charge in [0, 0.05) is 19.7 Å². The van der Waals surface area contributed by atoms with E-state index in [9.17, 15) is 13.2 Å². The van der Waals surface area contributed by atoms with Crippen LogP contribution < -0.4 is 4.18 Å². The van der Waals surface area contributed by atoms with Gasteiger partial charge in [-0.15, -0.1) is 0 Å². The van der Waals surface area contributed by atoms with Gasteiger partial charge in [-0.05, 0) is 38.0 Å². The summed E-state index contributed by atoms with van der Waals surface area (Å²) in [6.07, 6.45) is 0.839. The van der Waals surface area contributed by atoms with Crippen molar-refractivity contribution in [2.75, 3.05) is 19.5 Å². The molecule has 7 heteroatoms. The molecule has 0 unspecified atom stereocenters. The van der Waals surface area contributed by atoms with Gasteiger partial charge in [0.05, 0.1) is 5.75 Å². The minimum absolute atomic E-state index is 0.0419. The lowest BCUT2D eigenvalue weighted by Crippen LogP contribution is -2.39. The average molecular weight is 343 g/mol. The van der Waals surface area contributed by atoms with Crippen LogP contribution in [-0.4, -0.2) is 44.7 Å². The van der Waals surface area contributed by atoms with Gasteiger partial charge in [0.1, 0.15) is 12.4 Å². The van der Waals surface area contributed by atoms with Crippen LogP contribution in [0, 0.1) is 0 Å². The number of benzene rings is 1. The fourth-order valence-corrected chi connectivity index (χ4v) is 2.49. The highest BCUT2D eigenvalue weighted by atomic mass is 32.2. The molecule has 0 heterocycles. The topological polar surface area (TPSA) is 72.9 Å². The van der Waals surface area contributed by atoms with Crippen LogP contribution in [0.15, 0.2) is 24.3 Å². The number of hydrogen-bond acceptors (Lipinski definition) is 5. The van der Waals surface area contributed by atoms with Crippen molar-refractivity contribution in [2.24, 2.45) is 0 Å². The lowest BCUT2D eigenvalue weighted by atomic mass is 10.1. The van der Waals surface area contributed by atoms with Crippen molar-refractivity contribution < 1.29 is 22.1 Å². The molecule has 0 saturated carbocycles. The summed E-state index contributed by atoms with van der Waals surface area (Å²) in [4.78, 5) is 13.9. The molecule has 0 aliphatic heterocycles. The molecule has 1 aromatic rings. The van der Waals surface area contributed by atoms with Crippen LogP contribution >= 0.6 is 0 Å². The van der Waals surface area contributed by atoms with E-state index in [2.05, 4.69) is 0 Å². The molecule has 1 amide bonds. The number of hydrogen-bond donors (Lipinski definition) is 0. The molecule has 130 valence electrons. The molecule has 0 bridgehead atoms. The molecule has 6 nitrogen and oxygen atoms in total. The molecule has 0 radical (unpaired) electrons. The highest BCUT2D eigenvalue weighted by Gasteiger charge is 2.19. The normalized spacial score (nSPS) is 12.7. The van der Waals surface area contributed by atoms with E-state index in [4.69, 9.17) is 8.92 Å². The second-order valence-corrected chi connectivity index (χ2v) is 7.14. The van der Waals surface area contributed by atoms with E-state index < -0.39 is 10.1 Å². The van der Waals surface area contributed by atoms with E-state index in [-0.39, 0.29) is 30.1 Å². The number of ether oxygens (including phenoxy) is 1. The molecule has 0 fully saturated rings. The third-order valence-corrected chi connectivity index (χ3v) is 4.72. The summed E-state index contributed by atoms with van der Waals surface area (Å²) < 4.78 is 32.7. The van der Waals surface area contributed by atoms with E-state index in [1.54, 1.807) is 29.2 Å². The van der Waals surface area contributed by atoms with Crippen LogP contribution in [0.1, 0.15) is 32.8 Å². The zero-order valence-corrected chi connectivity index (χ0v) is 14.9. The maximum absolute atomic E-state index is 12.1. The number of rotatable bonds is 9. The summed E-state index contributed by atoms with van der Waals surface area (Å²) in [5.41, 5.74) is 0.899. The molecular weight excluding hydrogens is 318 g/mol. The molecule has 23 heavy (non-hydrogen) atoms. The first-order valence-electron chi connectivity index (χ1n) is 7.62. The van der Waals surface area contributed by atoms with Crippen molar-refractivity contribution >= 4 is 16.0 Å². The first-order valence-corrected chi connectivity index (χ1v) is 9.20. The van der Waals surface area contributed by atoms with E-state index in [0.29, 0.717) is 6.54 Å². The lowest BCUT2D eigenvalue weighted by molar-refractivity contribution is -0.138. The van der Waals surface area contributed by atoms with Crippen LogP contribution in [0.4, 0.5) is 0 Å². The zero-order valence-electron chi connectivity index (χ0n) is 14.1. The molecule has 1 aromatic carbocycles. The molecule has 1 atom stereocenters.